The summed E-state index contributed by atoms with van der Waals surface area (Å²) in [5.41, 5.74) is 0.0988. The second-order valence-corrected chi connectivity index (χ2v) is 6.01. The minimum atomic E-state index is 0.0988. The average Bonchev–Trinajstić information content (AvgIpc) is 2.94. The van der Waals surface area contributed by atoms with Crippen molar-refractivity contribution in [1.82, 2.24) is 20.5 Å². The molecule has 2 aromatic rings. The molecule has 2 rings (SSSR count). The summed E-state index contributed by atoms with van der Waals surface area (Å²) in [6.07, 6.45) is 1.50. The standard InChI is InChI=1S/C12H18N4OS/c1-12(2,3)14-6-9-4-5-10(17-9)7-18-11-13-8-15-16-11/h4-5,8,14H,6-7H2,1-3H3,(H,13,15,16). The molecule has 0 spiro atoms. The molecule has 5 nitrogen and oxygen atoms in total. The summed E-state index contributed by atoms with van der Waals surface area (Å²) in [5.74, 6) is 2.66. The number of nitrogens with zero attached hydrogens (tertiary/aromatic N) is 2. The highest BCUT2D eigenvalue weighted by Crippen LogP contribution is 2.20. The highest BCUT2D eigenvalue weighted by Gasteiger charge is 2.10. The maximum absolute atomic E-state index is 5.73. The Morgan fingerprint density at radius 1 is 1.33 bits per heavy atom. The Labute approximate surface area is 111 Å². The fraction of sp³-hybridized carbons (Fsp3) is 0.500. The smallest absolute Gasteiger partial charge is 0.183 e. The van der Waals surface area contributed by atoms with Gasteiger partial charge in [-0.05, 0) is 32.9 Å². The van der Waals surface area contributed by atoms with Crippen molar-refractivity contribution in [3.8, 4) is 0 Å². The fourth-order valence-electron chi connectivity index (χ4n) is 1.35. The van der Waals surface area contributed by atoms with Gasteiger partial charge in [0.2, 0.25) is 0 Å². The highest BCUT2D eigenvalue weighted by atomic mass is 32.2. The lowest BCUT2D eigenvalue weighted by atomic mass is 10.1. The van der Waals surface area contributed by atoms with E-state index in [0.29, 0.717) is 0 Å². The van der Waals surface area contributed by atoms with Gasteiger partial charge in [-0.2, -0.15) is 5.10 Å². The number of hydrogen-bond donors (Lipinski definition) is 2. The minimum Gasteiger partial charge on any atom is -0.464 e. The first-order valence-electron chi connectivity index (χ1n) is 5.84. The topological polar surface area (TPSA) is 66.7 Å². The number of aromatic nitrogens is 3. The van der Waals surface area contributed by atoms with Gasteiger partial charge < -0.3 is 9.73 Å². The number of hydrogen-bond acceptors (Lipinski definition) is 5. The van der Waals surface area contributed by atoms with Gasteiger partial charge in [-0.25, -0.2) is 4.98 Å². The van der Waals surface area contributed by atoms with Crippen molar-refractivity contribution in [3.63, 3.8) is 0 Å². The van der Waals surface area contributed by atoms with Crippen molar-refractivity contribution in [3.05, 3.63) is 30.0 Å². The first kappa shape index (κ1) is 13.2. The van der Waals surface area contributed by atoms with Crippen LogP contribution in [0.2, 0.25) is 0 Å². The van der Waals surface area contributed by atoms with E-state index in [1.807, 2.05) is 12.1 Å². The van der Waals surface area contributed by atoms with E-state index in [1.165, 1.54) is 6.33 Å². The lowest BCUT2D eigenvalue weighted by Gasteiger charge is -2.19. The SMILES string of the molecule is CC(C)(C)NCc1ccc(CSc2ncn[nH]2)o1. The molecular weight excluding hydrogens is 248 g/mol. The molecule has 0 aliphatic heterocycles. The Bertz CT molecular complexity index is 472. The molecule has 18 heavy (non-hydrogen) atoms. The molecule has 0 radical (unpaired) electrons. The highest BCUT2D eigenvalue weighted by molar-refractivity contribution is 7.98. The zero-order valence-corrected chi connectivity index (χ0v) is 11.7. The maximum atomic E-state index is 5.73. The van der Waals surface area contributed by atoms with Crippen LogP contribution in [-0.2, 0) is 12.3 Å². The molecule has 0 saturated carbocycles. The van der Waals surface area contributed by atoms with Crippen molar-refractivity contribution in [2.45, 2.75) is 43.8 Å². The van der Waals surface area contributed by atoms with Gasteiger partial charge in [0, 0.05) is 5.54 Å². The Kier molecular flexibility index (Phi) is 4.08. The minimum absolute atomic E-state index is 0.0988. The fourth-order valence-corrected chi connectivity index (χ4v) is 2.02. The third kappa shape index (κ3) is 4.19. The predicted molar refractivity (Wildman–Crippen MR) is 71.2 cm³/mol. The molecule has 0 fully saturated rings. The Morgan fingerprint density at radius 2 is 2.11 bits per heavy atom. The van der Waals surface area contributed by atoms with E-state index in [1.54, 1.807) is 11.8 Å². The van der Waals surface area contributed by atoms with Crippen LogP contribution in [0.3, 0.4) is 0 Å². The molecular formula is C12H18N4OS. The molecule has 6 heteroatoms. The predicted octanol–water partition coefficient (Wildman–Crippen LogP) is 2.58. The summed E-state index contributed by atoms with van der Waals surface area (Å²) in [6, 6.07) is 4.01. The van der Waals surface area contributed by atoms with Crippen LogP contribution in [0.25, 0.3) is 0 Å². The third-order valence-electron chi connectivity index (χ3n) is 2.25. The molecule has 0 aliphatic carbocycles. The second kappa shape index (κ2) is 5.58. The molecule has 0 unspecified atom stereocenters. The van der Waals surface area contributed by atoms with Gasteiger partial charge in [0.05, 0.1) is 12.3 Å². The van der Waals surface area contributed by atoms with Crippen LogP contribution >= 0.6 is 11.8 Å². The molecule has 0 atom stereocenters. The van der Waals surface area contributed by atoms with E-state index in [2.05, 4.69) is 41.3 Å². The van der Waals surface area contributed by atoms with Gasteiger partial charge in [0.25, 0.3) is 0 Å². The quantitative estimate of drug-likeness (QED) is 0.814. The van der Waals surface area contributed by atoms with Crippen LogP contribution < -0.4 is 5.32 Å². The summed E-state index contributed by atoms with van der Waals surface area (Å²) < 4.78 is 5.73. The molecule has 2 aromatic heterocycles. The molecule has 0 saturated heterocycles. The second-order valence-electron chi connectivity index (χ2n) is 5.05. The van der Waals surface area contributed by atoms with Crippen molar-refractivity contribution in [1.29, 1.82) is 0 Å². The summed E-state index contributed by atoms with van der Waals surface area (Å²) in [5, 5.41) is 10.8. The van der Waals surface area contributed by atoms with Crippen LogP contribution in [0, 0.1) is 0 Å². The van der Waals surface area contributed by atoms with Gasteiger partial charge in [-0.1, -0.05) is 11.8 Å². The summed E-state index contributed by atoms with van der Waals surface area (Å²) >= 11 is 1.57. The van der Waals surface area contributed by atoms with E-state index in [0.717, 1.165) is 29.0 Å². The molecule has 0 amide bonds. The van der Waals surface area contributed by atoms with E-state index in [4.69, 9.17) is 4.42 Å². The molecule has 98 valence electrons. The van der Waals surface area contributed by atoms with E-state index in [-0.39, 0.29) is 5.54 Å². The molecule has 0 aromatic carbocycles. The van der Waals surface area contributed by atoms with E-state index < -0.39 is 0 Å². The molecule has 2 heterocycles. The van der Waals surface area contributed by atoms with Gasteiger partial charge in [0.15, 0.2) is 5.16 Å². The van der Waals surface area contributed by atoms with Crippen LogP contribution in [0.4, 0.5) is 0 Å². The Morgan fingerprint density at radius 3 is 2.78 bits per heavy atom. The van der Waals surface area contributed by atoms with Gasteiger partial charge >= 0.3 is 0 Å². The molecule has 0 bridgehead atoms. The number of furan rings is 1. The average molecular weight is 266 g/mol. The van der Waals surface area contributed by atoms with Crippen molar-refractivity contribution < 1.29 is 4.42 Å². The Hall–Kier alpha value is -1.27. The zero-order valence-electron chi connectivity index (χ0n) is 10.9. The summed E-state index contributed by atoms with van der Waals surface area (Å²) in [6.45, 7) is 7.15. The van der Waals surface area contributed by atoms with Crippen LogP contribution in [-0.4, -0.2) is 20.7 Å². The third-order valence-corrected chi connectivity index (χ3v) is 3.15. The number of H-pyrrole nitrogens is 1. The zero-order chi connectivity index (χ0) is 13.0. The van der Waals surface area contributed by atoms with E-state index >= 15 is 0 Å². The number of thioether (sulfide) groups is 1. The largest absolute Gasteiger partial charge is 0.464 e. The van der Waals surface area contributed by atoms with Crippen LogP contribution in [0.15, 0.2) is 28.0 Å². The number of rotatable bonds is 5. The lowest BCUT2D eigenvalue weighted by Crippen LogP contribution is -2.34. The van der Waals surface area contributed by atoms with Crippen molar-refractivity contribution in [2.75, 3.05) is 0 Å². The van der Waals surface area contributed by atoms with Gasteiger partial charge in [0.1, 0.15) is 17.8 Å². The van der Waals surface area contributed by atoms with Crippen LogP contribution in [0.5, 0.6) is 0 Å². The normalized spacial score (nSPS) is 11.9. The summed E-state index contributed by atoms with van der Waals surface area (Å²) in [7, 11) is 0. The lowest BCUT2D eigenvalue weighted by molar-refractivity contribution is 0.382. The summed E-state index contributed by atoms with van der Waals surface area (Å²) in [4.78, 5) is 4.05. The number of aromatic amines is 1. The van der Waals surface area contributed by atoms with Gasteiger partial charge in [-0.3, -0.25) is 5.10 Å². The first-order chi connectivity index (χ1) is 8.53. The monoisotopic (exact) mass is 266 g/mol. The number of nitrogens with one attached hydrogen (secondary N) is 2. The van der Waals surface area contributed by atoms with Crippen molar-refractivity contribution in [2.24, 2.45) is 0 Å². The Balaban J connectivity index is 1.82. The molecule has 2 N–H and O–H groups in total. The first-order valence-corrected chi connectivity index (χ1v) is 6.82. The van der Waals surface area contributed by atoms with E-state index in [9.17, 15) is 0 Å². The van der Waals surface area contributed by atoms with Crippen LogP contribution in [0.1, 0.15) is 32.3 Å². The van der Waals surface area contributed by atoms with Crippen molar-refractivity contribution >= 4 is 11.8 Å². The van der Waals surface area contributed by atoms with Gasteiger partial charge in [-0.15, -0.1) is 0 Å². The molecule has 0 aliphatic rings. The maximum Gasteiger partial charge on any atom is 0.183 e.